The van der Waals surface area contributed by atoms with E-state index < -0.39 is 10.0 Å². The SMILES string of the molecule is O=C(C1CCN(C(=O)N2CCCC2)CC1)N1CCN(S(=O)(=O)c2c[nH]c3ncccc23)CC1. The second-order valence-corrected chi connectivity index (χ2v) is 10.9. The van der Waals surface area contributed by atoms with Gasteiger partial charge in [-0.05, 0) is 37.8 Å². The number of nitrogens with one attached hydrogen (secondary N) is 1. The lowest BCUT2D eigenvalue weighted by Gasteiger charge is -2.38. The van der Waals surface area contributed by atoms with E-state index in [2.05, 4.69) is 9.97 Å². The van der Waals surface area contributed by atoms with Crippen LogP contribution in [0.25, 0.3) is 11.0 Å². The Kier molecular flexibility index (Phi) is 6.00. The normalized spacial score (nSPS) is 21.2. The van der Waals surface area contributed by atoms with Crippen molar-refractivity contribution in [3.8, 4) is 0 Å². The Morgan fingerprint density at radius 1 is 0.909 bits per heavy atom. The minimum atomic E-state index is -3.67. The molecule has 3 aliphatic heterocycles. The summed E-state index contributed by atoms with van der Waals surface area (Å²) in [5.41, 5.74) is 0.541. The number of fused-ring (bicyclic) bond motifs is 1. The van der Waals surface area contributed by atoms with Crippen LogP contribution in [0.15, 0.2) is 29.4 Å². The minimum absolute atomic E-state index is 0.0802. The van der Waals surface area contributed by atoms with E-state index >= 15 is 0 Å². The van der Waals surface area contributed by atoms with Crippen molar-refractivity contribution < 1.29 is 18.0 Å². The molecule has 3 saturated heterocycles. The lowest BCUT2D eigenvalue weighted by molar-refractivity contribution is -0.138. The fourth-order valence-corrected chi connectivity index (χ4v) is 6.69. The highest BCUT2D eigenvalue weighted by atomic mass is 32.2. The summed E-state index contributed by atoms with van der Waals surface area (Å²) >= 11 is 0. The van der Waals surface area contributed by atoms with Crippen molar-refractivity contribution in [1.82, 2.24) is 29.0 Å². The van der Waals surface area contributed by atoms with Crippen molar-refractivity contribution in [1.29, 1.82) is 0 Å². The lowest BCUT2D eigenvalue weighted by Crippen LogP contribution is -2.53. The molecule has 10 nitrogen and oxygen atoms in total. The summed E-state index contributed by atoms with van der Waals surface area (Å²) in [5.74, 6) is -0.0212. The molecule has 0 spiro atoms. The van der Waals surface area contributed by atoms with Gasteiger partial charge in [-0.15, -0.1) is 0 Å². The molecule has 5 rings (SSSR count). The van der Waals surface area contributed by atoms with E-state index in [1.165, 1.54) is 10.5 Å². The number of piperidine rings is 1. The molecule has 2 aromatic rings. The predicted molar refractivity (Wildman–Crippen MR) is 122 cm³/mol. The molecular formula is C22H30N6O4S. The number of likely N-dealkylation sites (tertiary alicyclic amines) is 2. The number of aromatic amines is 1. The number of amides is 3. The van der Waals surface area contributed by atoms with E-state index in [0.29, 0.717) is 50.1 Å². The first-order valence-electron chi connectivity index (χ1n) is 11.7. The quantitative estimate of drug-likeness (QED) is 0.722. The van der Waals surface area contributed by atoms with Crippen molar-refractivity contribution in [3.63, 3.8) is 0 Å². The third kappa shape index (κ3) is 4.19. The zero-order chi connectivity index (χ0) is 23.0. The zero-order valence-electron chi connectivity index (χ0n) is 18.6. The standard InChI is InChI=1S/C22H30N6O4S/c29-21(17-5-10-27(11-6-17)22(30)26-8-1-2-9-26)25-12-14-28(15-13-25)33(31,32)19-16-24-20-18(19)4-3-7-23-20/h3-4,7,16-17H,1-2,5-6,8-15H2,(H,23,24). The van der Waals surface area contributed by atoms with E-state index in [9.17, 15) is 18.0 Å². The van der Waals surface area contributed by atoms with Gasteiger partial charge in [0.15, 0.2) is 0 Å². The molecule has 5 heterocycles. The summed E-state index contributed by atoms with van der Waals surface area (Å²) in [7, 11) is -3.67. The first-order chi connectivity index (χ1) is 15.9. The summed E-state index contributed by atoms with van der Waals surface area (Å²) in [6.07, 6.45) is 6.58. The molecule has 0 aromatic carbocycles. The van der Waals surface area contributed by atoms with Crippen LogP contribution in [-0.4, -0.2) is 102 Å². The molecule has 178 valence electrons. The molecule has 33 heavy (non-hydrogen) atoms. The first-order valence-corrected chi connectivity index (χ1v) is 13.1. The van der Waals surface area contributed by atoms with Crippen LogP contribution in [-0.2, 0) is 14.8 Å². The summed E-state index contributed by atoms with van der Waals surface area (Å²) < 4.78 is 27.8. The number of hydrogen-bond donors (Lipinski definition) is 1. The monoisotopic (exact) mass is 474 g/mol. The topological polar surface area (TPSA) is 110 Å². The summed E-state index contributed by atoms with van der Waals surface area (Å²) in [4.78, 5) is 38.5. The third-order valence-electron chi connectivity index (χ3n) is 7.07. The maximum atomic E-state index is 13.2. The van der Waals surface area contributed by atoms with Gasteiger partial charge in [-0.2, -0.15) is 4.31 Å². The number of carbonyl (C=O) groups excluding carboxylic acids is 2. The molecule has 3 amide bonds. The molecule has 0 bridgehead atoms. The fourth-order valence-electron chi connectivity index (χ4n) is 5.12. The van der Waals surface area contributed by atoms with E-state index in [1.54, 1.807) is 23.2 Å². The second-order valence-electron chi connectivity index (χ2n) is 9.02. The molecular weight excluding hydrogens is 444 g/mol. The van der Waals surface area contributed by atoms with Crippen LogP contribution in [0.4, 0.5) is 4.79 Å². The number of nitrogens with zero attached hydrogens (tertiary/aromatic N) is 5. The Balaban J connectivity index is 1.16. The molecule has 3 fully saturated rings. The maximum Gasteiger partial charge on any atom is 0.319 e. The molecule has 3 aliphatic rings. The Labute approximate surface area is 193 Å². The molecule has 0 radical (unpaired) electrons. The Hall–Kier alpha value is -2.66. The molecule has 0 saturated carbocycles. The minimum Gasteiger partial charge on any atom is -0.345 e. The number of pyridine rings is 1. The third-order valence-corrected chi connectivity index (χ3v) is 9.01. The van der Waals surface area contributed by atoms with Crippen LogP contribution in [0.3, 0.4) is 0 Å². The first kappa shape index (κ1) is 22.1. The van der Waals surface area contributed by atoms with E-state index in [4.69, 9.17) is 0 Å². The largest absolute Gasteiger partial charge is 0.345 e. The van der Waals surface area contributed by atoms with Gasteiger partial charge < -0.3 is 19.7 Å². The summed E-state index contributed by atoms with van der Waals surface area (Å²) in [5, 5.41) is 0.575. The van der Waals surface area contributed by atoms with E-state index in [0.717, 1.165) is 25.9 Å². The lowest BCUT2D eigenvalue weighted by atomic mass is 9.95. The van der Waals surface area contributed by atoms with Gasteiger partial charge >= 0.3 is 6.03 Å². The number of H-pyrrole nitrogens is 1. The number of rotatable bonds is 3. The highest BCUT2D eigenvalue weighted by molar-refractivity contribution is 7.89. The van der Waals surface area contributed by atoms with Gasteiger partial charge in [-0.3, -0.25) is 4.79 Å². The average molecular weight is 475 g/mol. The zero-order valence-corrected chi connectivity index (χ0v) is 19.5. The van der Waals surface area contributed by atoms with Crippen LogP contribution in [0.5, 0.6) is 0 Å². The number of carbonyl (C=O) groups is 2. The van der Waals surface area contributed by atoms with Crippen LogP contribution < -0.4 is 0 Å². The average Bonchev–Trinajstić information content (AvgIpc) is 3.54. The number of sulfonamides is 1. The number of hydrogen-bond acceptors (Lipinski definition) is 5. The maximum absolute atomic E-state index is 13.2. The number of aromatic nitrogens is 2. The summed E-state index contributed by atoms with van der Waals surface area (Å²) in [6, 6.07) is 3.56. The molecule has 0 unspecified atom stereocenters. The smallest absolute Gasteiger partial charge is 0.319 e. The van der Waals surface area contributed by atoms with E-state index in [-0.39, 0.29) is 35.8 Å². The van der Waals surface area contributed by atoms with Gasteiger partial charge in [0, 0.05) is 76.1 Å². The van der Waals surface area contributed by atoms with Crippen molar-refractivity contribution >= 4 is 33.0 Å². The van der Waals surface area contributed by atoms with Gasteiger partial charge in [0.2, 0.25) is 15.9 Å². The Bertz CT molecular complexity index is 1130. The van der Waals surface area contributed by atoms with E-state index in [1.807, 2.05) is 9.80 Å². The highest BCUT2D eigenvalue weighted by Crippen LogP contribution is 2.26. The van der Waals surface area contributed by atoms with Crippen LogP contribution in [0.1, 0.15) is 25.7 Å². The van der Waals surface area contributed by atoms with Gasteiger partial charge in [0.05, 0.1) is 0 Å². The molecule has 2 aromatic heterocycles. The van der Waals surface area contributed by atoms with Gasteiger partial charge in [-0.25, -0.2) is 18.2 Å². The van der Waals surface area contributed by atoms with Gasteiger partial charge in [-0.1, -0.05) is 0 Å². The number of urea groups is 1. The number of piperazine rings is 1. The predicted octanol–water partition coefficient (Wildman–Crippen LogP) is 1.32. The van der Waals surface area contributed by atoms with Gasteiger partial charge in [0.25, 0.3) is 0 Å². The second kappa shape index (κ2) is 8.94. The van der Waals surface area contributed by atoms with Crippen LogP contribution in [0.2, 0.25) is 0 Å². The molecule has 0 aliphatic carbocycles. The highest BCUT2D eigenvalue weighted by Gasteiger charge is 2.36. The molecule has 0 atom stereocenters. The van der Waals surface area contributed by atoms with Crippen molar-refractivity contribution in [2.24, 2.45) is 5.92 Å². The van der Waals surface area contributed by atoms with Crippen LogP contribution in [0, 0.1) is 5.92 Å². The fraction of sp³-hybridized carbons (Fsp3) is 0.591. The van der Waals surface area contributed by atoms with Crippen LogP contribution >= 0.6 is 0 Å². The molecule has 1 N–H and O–H groups in total. The Morgan fingerprint density at radius 2 is 1.58 bits per heavy atom. The van der Waals surface area contributed by atoms with Gasteiger partial charge in [0.1, 0.15) is 10.5 Å². The summed E-state index contributed by atoms with van der Waals surface area (Å²) in [6.45, 7) is 4.18. The van der Waals surface area contributed by atoms with Crippen molar-refractivity contribution in [2.45, 2.75) is 30.6 Å². The van der Waals surface area contributed by atoms with Crippen molar-refractivity contribution in [3.05, 3.63) is 24.5 Å². The Morgan fingerprint density at radius 3 is 2.27 bits per heavy atom. The molecule has 11 heteroatoms. The van der Waals surface area contributed by atoms with Crippen molar-refractivity contribution in [2.75, 3.05) is 52.4 Å².